The fourth-order valence-corrected chi connectivity index (χ4v) is 8.80. The van der Waals surface area contributed by atoms with Crippen LogP contribution in [0.1, 0.15) is 25.3 Å². The van der Waals surface area contributed by atoms with Gasteiger partial charge in [0.25, 0.3) is 15.9 Å². The third-order valence-corrected chi connectivity index (χ3v) is 11.1. The maximum atomic E-state index is 14.5. The number of halogens is 2. The second-order valence-corrected chi connectivity index (χ2v) is 14.8. The molecule has 1 fully saturated rings. The SMILES string of the molecule is Cn1cc(O)nc1NC(=O)[C@@H]1CCCN1S(=O)(=O)c1cnc2n1[C@](C)(Cc1ccc(-c3cncnc3)cc1)C(=O)N2c1cc(Cl)cc(Cl)c1. The minimum Gasteiger partial charge on any atom is -0.492 e. The average Bonchev–Trinajstić information content (AvgIpc) is 3.84. The number of imidazole rings is 2. The lowest BCUT2D eigenvalue weighted by Crippen LogP contribution is -2.46. The molecule has 1 saturated heterocycles. The highest BCUT2D eigenvalue weighted by Crippen LogP contribution is 2.45. The number of anilines is 3. The van der Waals surface area contributed by atoms with Crippen LogP contribution in [0.5, 0.6) is 5.88 Å². The maximum Gasteiger partial charge on any atom is 0.261 e. The number of nitrogens with zero attached hydrogens (tertiary/aromatic N) is 8. The van der Waals surface area contributed by atoms with Gasteiger partial charge >= 0.3 is 0 Å². The van der Waals surface area contributed by atoms with E-state index in [-0.39, 0.29) is 52.2 Å². The highest BCUT2D eigenvalue weighted by Gasteiger charge is 2.53. The number of carbonyl (C=O) groups excluding carboxylic acids is 2. The zero-order chi connectivity index (χ0) is 34.7. The first-order valence-electron chi connectivity index (χ1n) is 15.1. The Hall–Kier alpha value is -4.83. The summed E-state index contributed by atoms with van der Waals surface area (Å²) < 4.78 is 33.0. The van der Waals surface area contributed by atoms with Gasteiger partial charge in [-0.05, 0) is 49.1 Å². The lowest BCUT2D eigenvalue weighted by Gasteiger charge is -2.29. The van der Waals surface area contributed by atoms with E-state index in [9.17, 15) is 23.1 Å². The maximum absolute atomic E-state index is 14.5. The molecule has 2 aliphatic rings. The predicted octanol–water partition coefficient (Wildman–Crippen LogP) is 4.51. The molecule has 0 radical (unpaired) electrons. The van der Waals surface area contributed by atoms with Crippen LogP contribution in [0, 0.1) is 0 Å². The van der Waals surface area contributed by atoms with E-state index in [2.05, 4.69) is 25.3 Å². The number of hydrogen-bond acceptors (Lipinski definition) is 9. The summed E-state index contributed by atoms with van der Waals surface area (Å²) in [4.78, 5) is 45.8. The van der Waals surface area contributed by atoms with Gasteiger partial charge in [0.1, 0.15) is 17.9 Å². The molecule has 3 aromatic heterocycles. The highest BCUT2D eigenvalue weighted by molar-refractivity contribution is 7.89. The molecule has 17 heteroatoms. The van der Waals surface area contributed by atoms with Crippen LogP contribution >= 0.6 is 23.2 Å². The summed E-state index contributed by atoms with van der Waals surface area (Å²) in [5, 5.41) is 12.7. The van der Waals surface area contributed by atoms with Crippen LogP contribution in [0.25, 0.3) is 11.1 Å². The number of aryl methyl sites for hydroxylation is 1. The number of sulfonamides is 1. The van der Waals surface area contributed by atoms with E-state index < -0.39 is 33.4 Å². The molecule has 14 nitrogen and oxygen atoms in total. The van der Waals surface area contributed by atoms with Gasteiger partial charge in [-0.2, -0.15) is 9.29 Å². The first kappa shape index (κ1) is 32.7. The Balaban J connectivity index is 1.29. The van der Waals surface area contributed by atoms with Crippen LogP contribution in [0.15, 0.2) is 78.6 Å². The summed E-state index contributed by atoms with van der Waals surface area (Å²) in [6.45, 7) is 1.72. The topological polar surface area (TPSA) is 168 Å². The normalized spacial score (nSPS) is 19.4. The number of nitrogens with one attached hydrogen (secondary N) is 1. The summed E-state index contributed by atoms with van der Waals surface area (Å²) in [5.74, 6) is -1.21. The van der Waals surface area contributed by atoms with E-state index in [0.29, 0.717) is 12.1 Å². The predicted molar refractivity (Wildman–Crippen MR) is 181 cm³/mol. The van der Waals surface area contributed by atoms with Gasteiger partial charge < -0.3 is 9.67 Å². The van der Waals surface area contributed by atoms with Crippen LogP contribution in [0.3, 0.4) is 0 Å². The Bertz CT molecular complexity index is 2190. The lowest BCUT2D eigenvalue weighted by molar-refractivity contribution is -0.124. The molecule has 5 heterocycles. The number of benzene rings is 2. The van der Waals surface area contributed by atoms with E-state index in [1.54, 1.807) is 38.5 Å². The molecule has 2 aliphatic heterocycles. The van der Waals surface area contributed by atoms with Gasteiger partial charge in [0.15, 0.2) is 5.03 Å². The molecule has 2 atom stereocenters. The molecule has 7 rings (SSSR count). The summed E-state index contributed by atoms with van der Waals surface area (Å²) in [6.07, 6.45) is 8.13. The fourth-order valence-electron chi connectivity index (χ4n) is 6.44. The summed E-state index contributed by atoms with van der Waals surface area (Å²) in [5.41, 5.74) is 1.27. The van der Waals surface area contributed by atoms with Crippen LogP contribution in [0.4, 0.5) is 17.6 Å². The molecule has 2 N–H and O–H groups in total. The number of fused-ring (bicyclic) bond motifs is 1. The second kappa shape index (κ2) is 12.2. The zero-order valence-corrected chi connectivity index (χ0v) is 28.5. The quantitative estimate of drug-likeness (QED) is 0.234. The molecule has 0 aliphatic carbocycles. The largest absolute Gasteiger partial charge is 0.492 e. The Morgan fingerprint density at radius 3 is 2.41 bits per heavy atom. The smallest absolute Gasteiger partial charge is 0.261 e. The van der Waals surface area contributed by atoms with Crippen molar-refractivity contribution in [2.24, 2.45) is 7.05 Å². The number of hydrogen-bond donors (Lipinski definition) is 2. The molecule has 0 unspecified atom stereocenters. The van der Waals surface area contributed by atoms with Gasteiger partial charge in [-0.3, -0.25) is 19.5 Å². The van der Waals surface area contributed by atoms with Gasteiger partial charge in [0.2, 0.25) is 23.7 Å². The van der Waals surface area contributed by atoms with Crippen molar-refractivity contribution in [3.63, 3.8) is 0 Å². The van der Waals surface area contributed by atoms with Crippen molar-refractivity contribution in [2.45, 2.75) is 42.8 Å². The number of amides is 2. The van der Waals surface area contributed by atoms with Crippen molar-refractivity contribution < 1.29 is 23.1 Å². The van der Waals surface area contributed by atoms with Crippen LogP contribution in [-0.2, 0) is 38.6 Å². The Labute approximate surface area is 291 Å². The number of rotatable bonds is 8. The number of aromatic hydroxyl groups is 1. The third kappa shape index (κ3) is 5.71. The van der Waals surface area contributed by atoms with E-state index in [4.69, 9.17) is 23.2 Å². The zero-order valence-electron chi connectivity index (χ0n) is 26.2. The first-order valence-corrected chi connectivity index (χ1v) is 17.3. The molecule has 2 amide bonds. The second-order valence-electron chi connectivity index (χ2n) is 12.1. The average molecular weight is 723 g/mol. The van der Waals surface area contributed by atoms with Crippen LogP contribution in [0.2, 0.25) is 10.0 Å². The fraction of sp³-hybridized carbons (Fsp3) is 0.250. The number of aromatic nitrogens is 6. The molecule has 49 heavy (non-hydrogen) atoms. The Morgan fingerprint density at radius 1 is 1.06 bits per heavy atom. The van der Waals surface area contributed by atoms with Gasteiger partial charge in [-0.15, -0.1) is 0 Å². The van der Waals surface area contributed by atoms with Crippen molar-refractivity contribution in [3.05, 3.63) is 89.2 Å². The molecule has 0 spiro atoms. The first-order chi connectivity index (χ1) is 23.4. The molecule has 0 saturated carbocycles. The van der Waals surface area contributed by atoms with E-state index in [1.807, 2.05) is 24.3 Å². The van der Waals surface area contributed by atoms with Crippen molar-refractivity contribution >= 4 is 62.6 Å². The lowest BCUT2D eigenvalue weighted by atomic mass is 9.91. The van der Waals surface area contributed by atoms with Gasteiger partial charge in [0, 0.05) is 48.0 Å². The number of carbonyl (C=O) groups is 2. The molecule has 252 valence electrons. The van der Waals surface area contributed by atoms with Crippen LogP contribution < -0.4 is 10.2 Å². The minimum absolute atomic E-state index is 0.0612. The monoisotopic (exact) mass is 721 g/mol. The van der Waals surface area contributed by atoms with Gasteiger partial charge in [-0.1, -0.05) is 47.5 Å². The van der Waals surface area contributed by atoms with E-state index in [1.165, 1.54) is 38.8 Å². The van der Waals surface area contributed by atoms with Crippen LogP contribution in [-0.4, -0.2) is 71.3 Å². The summed E-state index contributed by atoms with van der Waals surface area (Å²) in [7, 11) is -2.83. The minimum atomic E-state index is -4.41. The van der Waals surface area contributed by atoms with Crippen molar-refractivity contribution in [1.82, 2.24) is 33.4 Å². The molecule has 2 aromatic carbocycles. The van der Waals surface area contributed by atoms with E-state index in [0.717, 1.165) is 21.0 Å². The van der Waals surface area contributed by atoms with Crippen molar-refractivity contribution in [1.29, 1.82) is 0 Å². The van der Waals surface area contributed by atoms with Gasteiger partial charge in [0.05, 0.1) is 18.1 Å². The van der Waals surface area contributed by atoms with E-state index >= 15 is 0 Å². The molecule has 0 bridgehead atoms. The molecular weight excluding hydrogens is 693 g/mol. The van der Waals surface area contributed by atoms with Crippen molar-refractivity contribution in [3.8, 4) is 17.0 Å². The highest BCUT2D eigenvalue weighted by atomic mass is 35.5. The van der Waals surface area contributed by atoms with Gasteiger partial charge in [-0.25, -0.2) is 28.3 Å². The summed E-state index contributed by atoms with van der Waals surface area (Å²) in [6, 6.07) is 11.0. The Morgan fingerprint density at radius 2 is 1.76 bits per heavy atom. The van der Waals surface area contributed by atoms with Crippen molar-refractivity contribution in [2.75, 3.05) is 16.8 Å². The molecular formula is C32H29Cl2N9O5S. The standard InChI is InChI=1S/C32H29Cl2N9O5S/c1-32(13-19-5-7-20(8-6-19)21-14-35-18-36-15-21)29(46)42(24-11-22(33)10-23(34)12-24)31-37-16-27(43(31)32)49(47,48)41-9-3-4-25(41)28(45)39-30-38-26(44)17-40(30)2/h5-8,10-12,14-18,25,44H,3-4,9,13H2,1-2H3,(H,38,39,45)/t25-,32+/m0/s1. The third-order valence-electron chi connectivity index (χ3n) is 8.75. The molecule has 5 aromatic rings. The Kier molecular flexibility index (Phi) is 8.17. The summed E-state index contributed by atoms with van der Waals surface area (Å²) >= 11 is 12.7.